The van der Waals surface area contributed by atoms with E-state index >= 15 is 0 Å². The second kappa shape index (κ2) is 8.86. The molecule has 0 aliphatic rings. The number of aryl methyl sites for hydroxylation is 2. The molecule has 9 heteroatoms. The fourth-order valence-electron chi connectivity index (χ4n) is 1.92. The molecule has 0 fully saturated rings. The zero-order valence-electron chi connectivity index (χ0n) is 13.1. The second-order valence-corrected chi connectivity index (χ2v) is 6.55. The average Bonchev–Trinajstić information content (AvgIpc) is 2.78. The van der Waals surface area contributed by atoms with Gasteiger partial charge in [-0.05, 0) is 26.7 Å². The minimum atomic E-state index is -3.71. The number of carbonyl (C=O) groups excluding carboxylic acids is 1. The zero-order chi connectivity index (χ0) is 16.6. The van der Waals surface area contributed by atoms with Crippen molar-refractivity contribution in [1.82, 2.24) is 15.2 Å². The van der Waals surface area contributed by atoms with Crippen LogP contribution >= 0.6 is 0 Å². The fraction of sp³-hybridized carbons (Fsp3) is 0.692. The predicted octanol–water partition coefficient (Wildman–Crippen LogP) is 0.503. The normalized spacial score (nSPS) is 11.6. The molecule has 0 radical (unpaired) electrons. The summed E-state index contributed by atoms with van der Waals surface area (Å²) in [7, 11) is -2.08. The summed E-state index contributed by atoms with van der Waals surface area (Å²) in [5, 5.41) is 6.33. The van der Waals surface area contributed by atoms with Crippen molar-refractivity contribution < 1.29 is 22.5 Å². The van der Waals surface area contributed by atoms with Gasteiger partial charge in [0, 0.05) is 33.2 Å². The maximum Gasteiger partial charge on any atom is 0.245 e. The van der Waals surface area contributed by atoms with Crippen LogP contribution in [0.25, 0.3) is 0 Å². The third-order valence-corrected chi connectivity index (χ3v) is 4.68. The predicted molar refractivity (Wildman–Crippen MR) is 79.9 cm³/mol. The van der Waals surface area contributed by atoms with Crippen LogP contribution in [0, 0.1) is 13.8 Å². The Bertz CT molecular complexity index is 563. The number of hydrogen-bond acceptors (Lipinski definition) is 6. The SMILES string of the molecule is COCCCCNC(=O)CCNS(=O)(=O)c1c(C)noc1C. The van der Waals surface area contributed by atoms with Crippen molar-refractivity contribution in [1.29, 1.82) is 0 Å². The largest absolute Gasteiger partial charge is 0.385 e. The van der Waals surface area contributed by atoms with Gasteiger partial charge in [0.2, 0.25) is 15.9 Å². The molecule has 8 nitrogen and oxygen atoms in total. The lowest BCUT2D eigenvalue weighted by molar-refractivity contribution is -0.120. The Morgan fingerprint density at radius 3 is 2.59 bits per heavy atom. The van der Waals surface area contributed by atoms with Crippen LogP contribution < -0.4 is 10.0 Å². The highest BCUT2D eigenvalue weighted by molar-refractivity contribution is 7.89. The summed E-state index contributed by atoms with van der Waals surface area (Å²) in [5.74, 6) is 0.0338. The van der Waals surface area contributed by atoms with Crippen molar-refractivity contribution in [2.45, 2.75) is 38.0 Å². The van der Waals surface area contributed by atoms with Crippen LogP contribution in [0.15, 0.2) is 9.42 Å². The molecule has 2 N–H and O–H groups in total. The lowest BCUT2D eigenvalue weighted by Crippen LogP contribution is -2.31. The van der Waals surface area contributed by atoms with E-state index in [1.165, 1.54) is 6.92 Å². The van der Waals surface area contributed by atoms with Crippen molar-refractivity contribution in [3.05, 3.63) is 11.5 Å². The number of sulfonamides is 1. The van der Waals surface area contributed by atoms with Gasteiger partial charge in [0.15, 0.2) is 5.76 Å². The van der Waals surface area contributed by atoms with Crippen molar-refractivity contribution >= 4 is 15.9 Å². The van der Waals surface area contributed by atoms with Gasteiger partial charge in [-0.25, -0.2) is 13.1 Å². The van der Waals surface area contributed by atoms with E-state index < -0.39 is 10.0 Å². The standard InChI is InChI=1S/C13H23N3O5S/c1-10-13(11(2)21-16-10)22(18,19)15-8-6-12(17)14-7-4-5-9-20-3/h15H,4-9H2,1-3H3,(H,14,17). The molecule has 0 bridgehead atoms. The quantitative estimate of drug-likeness (QED) is 0.603. The van der Waals surface area contributed by atoms with Gasteiger partial charge in [-0.3, -0.25) is 4.79 Å². The Hall–Kier alpha value is -1.45. The van der Waals surface area contributed by atoms with E-state index in [1.54, 1.807) is 14.0 Å². The molecule has 0 aromatic carbocycles. The molecule has 1 heterocycles. The van der Waals surface area contributed by atoms with Crippen LogP contribution in [0.5, 0.6) is 0 Å². The molecule has 0 saturated heterocycles. The van der Waals surface area contributed by atoms with Crippen molar-refractivity contribution in [2.75, 3.05) is 26.8 Å². The monoisotopic (exact) mass is 333 g/mol. The van der Waals surface area contributed by atoms with E-state index in [0.29, 0.717) is 18.8 Å². The number of methoxy groups -OCH3 is 1. The number of aromatic nitrogens is 1. The van der Waals surface area contributed by atoms with E-state index in [9.17, 15) is 13.2 Å². The molecule has 0 unspecified atom stereocenters. The van der Waals surface area contributed by atoms with E-state index in [4.69, 9.17) is 9.26 Å². The molecular formula is C13H23N3O5S. The number of hydrogen-bond donors (Lipinski definition) is 2. The number of amides is 1. The first kappa shape index (κ1) is 18.6. The Kier molecular flexibility index (Phi) is 7.49. The fourth-order valence-corrected chi connectivity index (χ4v) is 3.27. The van der Waals surface area contributed by atoms with Gasteiger partial charge in [0.1, 0.15) is 10.6 Å². The number of nitrogens with zero attached hydrogens (tertiary/aromatic N) is 1. The lowest BCUT2D eigenvalue weighted by atomic mass is 10.3. The van der Waals surface area contributed by atoms with Crippen LogP contribution in [0.3, 0.4) is 0 Å². The van der Waals surface area contributed by atoms with Crippen LogP contribution in [0.2, 0.25) is 0 Å². The second-order valence-electron chi connectivity index (χ2n) is 4.85. The molecule has 0 spiro atoms. The van der Waals surface area contributed by atoms with Crippen LogP contribution in [-0.4, -0.2) is 46.3 Å². The molecule has 0 aliphatic carbocycles. The van der Waals surface area contributed by atoms with Crippen LogP contribution in [0.1, 0.15) is 30.7 Å². The molecule has 1 aromatic rings. The van der Waals surface area contributed by atoms with Gasteiger partial charge < -0.3 is 14.6 Å². The van der Waals surface area contributed by atoms with Gasteiger partial charge >= 0.3 is 0 Å². The Balaban J connectivity index is 2.33. The number of ether oxygens (including phenoxy) is 1. The molecule has 1 aromatic heterocycles. The third kappa shape index (κ3) is 5.74. The highest BCUT2D eigenvalue weighted by atomic mass is 32.2. The van der Waals surface area contributed by atoms with Gasteiger partial charge in [-0.2, -0.15) is 0 Å². The molecule has 0 saturated carbocycles. The molecule has 0 atom stereocenters. The van der Waals surface area contributed by atoms with Crippen LogP contribution in [0.4, 0.5) is 0 Å². The minimum Gasteiger partial charge on any atom is -0.385 e. The Labute approximate surface area is 130 Å². The summed E-state index contributed by atoms with van der Waals surface area (Å²) in [6, 6.07) is 0. The van der Waals surface area contributed by atoms with Gasteiger partial charge in [-0.15, -0.1) is 0 Å². The summed E-state index contributed by atoms with van der Waals surface area (Å²) in [5.41, 5.74) is 0.299. The Morgan fingerprint density at radius 1 is 1.27 bits per heavy atom. The van der Waals surface area contributed by atoms with Gasteiger partial charge in [0.05, 0.1) is 0 Å². The molecule has 1 amide bonds. The Morgan fingerprint density at radius 2 is 2.00 bits per heavy atom. The van der Waals surface area contributed by atoms with E-state index in [-0.39, 0.29) is 29.5 Å². The molecular weight excluding hydrogens is 310 g/mol. The first-order chi connectivity index (χ1) is 10.4. The summed E-state index contributed by atoms with van der Waals surface area (Å²) in [6.45, 7) is 4.32. The van der Waals surface area contributed by atoms with E-state index in [0.717, 1.165) is 12.8 Å². The summed E-state index contributed by atoms with van der Waals surface area (Å²) in [6.07, 6.45) is 1.77. The third-order valence-electron chi connectivity index (χ3n) is 2.98. The van der Waals surface area contributed by atoms with Gasteiger partial charge in [0.25, 0.3) is 0 Å². The molecule has 126 valence electrons. The number of nitrogens with one attached hydrogen (secondary N) is 2. The minimum absolute atomic E-state index is 0.0241. The summed E-state index contributed by atoms with van der Waals surface area (Å²) in [4.78, 5) is 11.6. The zero-order valence-corrected chi connectivity index (χ0v) is 14.0. The number of unbranched alkanes of at least 4 members (excludes halogenated alkanes) is 1. The summed E-state index contributed by atoms with van der Waals surface area (Å²) < 4.78 is 36.3. The number of carbonyl (C=O) groups is 1. The van der Waals surface area contributed by atoms with Crippen molar-refractivity contribution in [3.63, 3.8) is 0 Å². The topological polar surface area (TPSA) is 111 Å². The maximum absolute atomic E-state index is 12.1. The first-order valence-corrected chi connectivity index (χ1v) is 8.55. The van der Waals surface area contributed by atoms with Crippen LogP contribution in [-0.2, 0) is 19.6 Å². The smallest absolute Gasteiger partial charge is 0.245 e. The summed E-state index contributed by atoms with van der Waals surface area (Å²) >= 11 is 0. The van der Waals surface area contributed by atoms with E-state index in [1.807, 2.05) is 0 Å². The number of rotatable bonds is 10. The van der Waals surface area contributed by atoms with E-state index in [2.05, 4.69) is 15.2 Å². The maximum atomic E-state index is 12.1. The van der Waals surface area contributed by atoms with Crippen molar-refractivity contribution in [2.24, 2.45) is 0 Å². The average molecular weight is 333 g/mol. The highest BCUT2D eigenvalue weighted by Crippen LogP contribution is 2.18. The highest BCUT2D eigenvalue weighted by Gasteiger charge is 2.23. The molecule has 22 heavy (non-hydrogen) atoms. The van der Waals surface area contributed by atoms with Gasteiger partial charge in [-0.1, -0.05) is 5.16 Å². The van der Waals surface area contributed by atoms with Crippen molar-refractivity contribution in [3.8, 4) is 0 Å². The lowest BCUT2D eigenvalue weighted by Gasteiger charge is -2.07. The molecule has 1 rings (SSSR count). The molecule has 0 aliphatic heterocycles. The first-order valence-electron chi connectivity index (χ1n) is 7.06.